The minimum absolute atomic E-state index is 0.439. The molecule has 2 rings (SSSR count). The minimum atomic E-state index is 0.439. The van der Waals surface area contributed by atoms with Crippen LogP contribution >= 0.6 is 11.3 Å². The maximum Gasteiger partial charge on any atom is 0.0555 e. The molecule has 3 heteroatoms. The smallest absolute Gasteiger partial charge is 0.0555 e. The summed E-state index contributed by atoms with van der Waals surface area (Å²) in [4.78, 5) is 4.11. The van der Waals surface area contributed by atoms with Crippen LogP contribution in [0.3, 0.4) is 0 Å². The van der Waals surface area contributed by atoms with Crippen molar-refractivity contribution in [3.8, 4) is 11.8 Å². The van der Waals surface area contributed by atoms with Gasteiger partial charge in [0.25, 0.3) is 0 Å². The van der Waals surface area contributed by atoms with E-state index in [0.717, 1.165) is 18.5 Å². The zero-order valence-electron chi connectivity index (χ0n) is 13.4. The molecule has 1 fully saturated rings. The highest BCUT2D eigenvalue weighted by Gasteiger charge is 2.23. The molecule has 1 heterocycles. The van der Waals surface area contributed by atoms with Gasteiger partial charge in [0.05, 0.1) is 6.54 Å². The first-order valence-corrected chi connectivity index (χ1v) is 9.08. The molecule has 0 saturated heterocycles. The second-order valence-corrected chi connectivity index (χ2v) is 7.36. The first kappa shape index (κ1) is 16.5. The third-order valence-corrected chi connectivity index (χ3v) is 5.16. The maximum absolute atomic E-state index is 5.50. The molecule has 116 valence electrons. The van der Waals surface area contributed by atoms with Gasteiger partial charge in [-0.1, -0.05) is 38.5 Å². The molecule has 0 aromatic carbocycles. The average Bonchev–Trinajstić information content (AvgIpc) is 3.12. The van der Waals surface area contributed by atoms with Crippen molar-refractivity contribution in [1.82, 2.24) is 4.90 Å². The Balaban J connectivity index is 2.05. The Labute approximate surface area is 133 Å². The standard InChI is InChI=1S/C18H28N2S/c1-15(2)9-12-20(17-7-3-4-8-17)14-18-16(6-5-11-19)10-13-21-18/h10,13,15,17H,3-4,7-9,11-12,14,19H2,1-2H3. The lowest BCUT2D eigenvalue weighted by Gasteiger charge is -2.29. The van der Waals surface area contributed by atoms with E-state index in [1.807, 2.05) is 11.3 Å². The second kappa shape index (κ2) is 8.58. The molecule has 2 N–H and O–H groups in total. The molecule has 1 aromatic heterocycles. The van der Waals surface area contributed by atoms with Crippen LogP contribution in [0, 0.1) is 17.8 Å². The monoisotopic (exact) mass is 304 g/mol. The molecule has 1 aliphatic carbocycles. The summed E-state index contributed by atoms with van der Waals surface area (Å²) in [7, 11) is 0. The van der Waals surface area contributed by atoms with Crippen LogP contribution in [0.15, 0.2) is 11.4 Å². The molecule has 1 saturated carbocycles. The maximum atomic E-state index is 5.50. The third kappa shape index (κ3) is 5.14. The fourth-order valence-corrected chi connectivity index (χ4v) is 3.84. The molecule has 0 unspecified atom stereocenters. The summed E-state index contributed by atoms with van der Waals surface area (Å²) in [5.41, 5.74) is 6.68. The second-order valence-electron chi connectivity index (χ2n) is 6.35. The summed E-state index contributed by atoms with van der Waals surface area (Å²) >= 11 is 1.84. The van der Waals surface area contributed by atoms with E-state index in [-0.39, 0.29) is 0 Å². The zero-order chi connectivity index (χ0) is 15.1. The molecule has 1 aliphatic rings. The van der Waals surface area contributed by atoms with Gasteiger partial charge in [-0.3, -0.25) is 4.90 Å². The number of thiophene rings is 1. The molecule has 2 nitrogen and oxygen atoms in total. The Bertz CT molecular complexity index is 475. The Morgan fingerprint density at radius 2 is 2.14 bits per heavy atom. The van der Waals surface area contributed by atoms with Crippen LogP contribution in [0.2, 0.25) is 0 Å². The molecule has 1 aromatic rings. The fourth-order valence-electron chi connectivity index (χ4n) is 2.99. The molecule has 0 amide bonds. The summed E-state index contributed by atoms with van der Waals surface area (Å²) in [6.45, 7) is 7.34. The van der Waals surface area contributed by atoms with Crippen molar-refractivity contribution in [2.24, 2.45) is 11.7 Å². The number of nitrogens with two attached hydrogens (primary N) is 1. The lowest BCUT2D eigenvalue weighted by atomic mass is 10.1. The number of hydrogen-bond acceptors (Lipinski definition) is 3. The van der Waals surface area contributed by atoms with Crippen LogP contribution in [0.5, 0.6) is 0 Å². The predicted octanol–water partition coefficient (Wildman–Crippen LogP) is 3.85. The molecule has 0 aliphatic heterocycles. The first-order chi connectivity index (χ1) is 10.2. The summed E-state index contributed by atoms with van der Waals surface area (Å²) in [6.07, 6.45) is 6.81. The lowest BCUT2D eigenvalue weighted by Crippen LogP contribution is -2.34. The number of hydrogen-bond donors (Lipinski definition) is 1. The van der Waals surface area contributed by atoms with Crippen LogP contribution in [-0.4, -0.2) is 24.0 Å². The molecule has 21 heavy (non-hydrogen) atoms. The van der Waals surface area contributed by atoms with Crippen molar-refractivity contribution in [2.75, 3.05) is 13.1 Å². The lowest BCUT2D eigenvalue weighted by molar-refractivity contribution is 0.181. The zero-order valence-corrected chi connectivity index (χ0v) is 14.2. The highest BCUT2D eigenvalue weighted by atomic mass is 32.1. The summed E-state index contributed by atoms with van der Waals surface area (Å²) in [6, 6.07) is 2.92. The van der Waals surface area contributed by atoms with Crippen molar-refractivity contribution in [3.05, 3.63) is 21.9 Å². The van der Waals surface area contributed by atoms with E-state index in [9.17, 15) is 0 Å². The Morgan fingerprint density at radius 3 is 2.81 bits per heavy atom. The van der Waals surface area contributed by atoms with Crippen LogP contribution < -0.4 is 5.73 Å². The van der Waals surface area contributed by atoms with Crippen LogP contribution in [0.25, 0.3) is 0 Å². The van der Waals surface area contributed by atoms with Gasteiger partial charge in [-0.2, -0.15) is 0 Å². The van der Waals surface area contributed by atoms with Crippen molar-refractivity contribution >= 4 is 11.3 Å². The fraction of sp³-hybridized carbons (Fsp3) is 0.667. The van der Waals surface area contributed by atoms with Crippen LogP contribution in [0.1, 0.15) is 56.4 Å². The van der Waals surface area contributed by atoms with Gasteiger partial charge in [0.1, 0.15) is 0 Å². The van der Waals surface area contributed by atoms with Gasteiger partial charge in [-0.05, 0) is 43.2 Å². The van der Waals surface area contributed by atoms with Gasteiger partial charge in [0.2, 0.25) is 0 Å². The van der Waals surface area contributed by atoms with Gasteiger partial charge >= 0.3 is 0 Å². The molecule has 0 spiro atoms. The van der Waals surface area contributed by atoms with Crippen LogP contribution in [0.4, 0.5) is 0 Å². The summed E-state index contributed by atoms with van der Waals surface area (Å²) < 4.78 is 0. The van der Waals surface area contributed by atoms with E-state index in [4.69, 9.17) is 5.73 Å². The van der Waals surface area contributed by atoms with Crippen molar-refractivity contribution in [3.63, 3.8) is 0 Å². The molecule has 0 atom stereocenters. The Morgan fingerprint density at radius 1 is 1.38 bits per heavy atom. The largest absolute Gasteiger partial charge is 0.320 e. The van der Waals surface area contributed by atoms with E-state index in [2.05, 4.69) is 42.0 Å². The summed E-state index contributed by atoms with van der Waals surface area (Å²) in [5, 5.41) is 2.16. The average molecular weight is 305 g/mol. The van der Waals surface area contributed by atoms with Gasteiger partial charge in [-0.25, -0.2) is 0 Å². The van der Waals surface area contributed by atoms with E-state index in [1.54, 1.807) is 0 Å². The van der Waals surface area contributed by atoms with Crippen molar-refractivity contribution in [2.45, 2.75) is 58.5 Å². The SMILES string of the molecule is CC(C)CCN(Cc1sccc1C#CCN)C1CCCC1. The topological polar surface area (TPSA) is 29.3 Å². The minimum Gasteiger partial charge on any atom is -0.320 e. The highest BCUT2D eigenvalue weighted by Crippen LogP contribution is 2.27. The van der Waals surface area contributed by atoms with E-state index in [1.165, 1.54) is 49.1 Å². The first-order valence-electron chi connectivity index (χ1n) is 8.20. The molecule has 0 bridgehead atoms. The number of rotatable bonds is 6. The molecule has 0 radical (unpaired) electrons. The van der Waals surface area contributed by atoms with E-state index >= 15 is 0 Å². The summed E-state index contributed by atoms with van der Waals surface area (Å²) in [5.74, 6) is 6.98. The van der Waals surface area contributed by atoms with E-state index in [0.29, 0.717) is 6.54 Å². The van der Waals surface area contributed by atoms with Crippen molar-refractivity contribution in [1.29, 1.82) is 0 Å². The van der Waals surface area contributed by atoms with E-state index < -0.39 is 0 Å². The number of nitrogens with zero attached hydrogens (tertiary/aromatic N) is 1. The quantitative estimate of drug-likeness (QED) is 0.809. The predicted molar refractivity (Wildman–Crippen MR) is 92.4 cm³/mol. The van der Waals surface area contributed by atoms with Gasteiger partial charge < -0.3 is 5.73 Å². The van der Waals surface area contributed by atoms with Crippen LogP contribution in [-0.2, 0) is 6.54 Å². The van der Waals surface area contributed by atoms with Gasteiger partial charge in [-0.15, -0.1) is 11.3 Å². The van der Waals surface area contributed by atoms with Crippen molar-refractivity contribution < 1.29 is 0 Å². The Hall–Kier alpha value is -0.820. The highest BCUT2D eigenvalue weighted by molar-refractivity contribution is 7.10. The van der Waals surface area contributed by atoms with Gasteiger partial charge in [0.15, 0.2) is 0 Å². The third-order valence-electron chi connectivity index (χ3n) is 4.25. The molecular formula is C18H28N2S. The van der Waals surface area contributed by atoms with Gasteiger partial charge in [0, 0.05) is 23.0 Å². The Kier molecular flexibility index (Phi) is 6.76. The molecular weight excluding hydrogens is 276 g/mol. The normalized spacial score (nSPS) is 15.7.